The summed E-state index contributed by atoms with van der Waals surface area (Å²) in [5, 5.41) is 15.9. The first-order valence-corrected chi connectivity index (χ1v) is 9.12. The number of nitrogens with zero attached hydrogens (tertiary/aromatic N) is 1. The van der Waals surface area contributed by atoms with E-state index in [-0.39, 0.29) is 18.2 Å². The van der Waals surface area contributed by atoms with Crippen LogP contribution >= 0.6 is 0 Å². The number of carbonyl (C=O) groups excluding carboxylic acids is 2. The van der Waals surface area contributed by atoms with Crippen LogP contribution in [0.5, 0.6) is 5.75 Å². The van der Waals surface area contributed by atoms with Crippen LogP contribution in [0.3, 0.4) is 0 Å². The number of nitrogens with one attached hydrogen (secondary N) is 2. The van der Waals surface area contributed by atoms with Crippen molar-refractivity contribution >= 4 is 18.0 Å². The summed E-state index contributed by atoms with van der Waals surface area (Å²) in [5.74, 6) is -1.12. The van der Waals surface area contributed by atoms with Crippen LogP contribution in [0.25, 0.3) is 0 Å². The van der Waals surface area contributed by atoms with Crippen molar-refractivity contribution in [3.05, 3.63) is 102 Å². The lowest BCUT2D eigenvalue weighted by Crippen LogP contribution is -2.37. The van der Waals surface area contributed by atoms with E-state index in [1.807, 2.05) is 60.7 Å². The maximum absolute atomic E-state index is 12.8. The third-order valence-electron chi connectivity index (χ3n) is 4.22. The van der Waals surface area contributed by atoms with Crippen molar-refractivity contribution in [2.75, 3.05) is 6.54 Å². The first kappa shape index (κ1) is 19.8. The van der Waals surface area contributed by atoms with E-state index >= 15 is 0 Å². The van der Waals surface area contributed by atoms with Crippen molar-refractivity contribution in [1.82, 2.24) is 10.7 Å². The van der Waals surface area contributed by atoms with Crippen molar-refractivity contribution in [3.63, 3.8) is 0 Å². The molecule has 146 valence electrons. The van der Waals surface area contributed by atoms with Gasteiger partial charge in [-0.15, -0.1) is 0 Å². The summed E-state index contributed by atoms with van der Waals surface area (Å²) < 4.78 is 0. The molecule has 0 heterocycles. The molecule has 6 nitrogen and oxygen atoms in total. The van der Waals surface area contributed by atoms with Crippen LogP contribution in [-0.4, -0.2) is 29.7 Å². The van der Waals surface area contributed by atoms with E-state index in [1.54, 1.807) is 18.2 Å². The molecule has 0 radical (unpaired) electrons. The van der Waals surface area contributed by atoms with Crippen LogP contribution in [0, 0.1) is 0 Å². The topological polar surface area (TPSA) is 90.8 Å². The van der Waals surface area contributed by atoms with Crippen molar-refractivity contribution in [1.29, 1.82) is 0 Å². The van der Waals surface area contributed by atoms with Gasteiger partial charge in [-0.2, -0.15) is 5.10 Å². The van der Waals surface area contributed by atoms with Gasteiger partial charge in [0.25, 0.3) is 5.91 Å². The molecule has 6 heteroatoms. The minimum atomic E-state index is -0.513. The molecule has 0 bridgehead atoms. The number of hydrazone groups is 1. The van der Waals surface area contributed by atoms with E-state index in [0.29, 0.717) is 5.56 Å². The molecule has 0 aliphatic heterocycles. The van der Waals surface area contributed by atoms with Gasteiger partial charge in [-0.25, -0.2) is 5.43 Å². The monoisotopic (exact) mass is 387 g/mol. The first-order chi connectivity index (χ1) is 14.1. The standard InChI is InChI=1S/C23H21N3O3/c27-20-13-7-8-17(14-20)15-25-26-21(28)16-24-23(29)22(18-9-3-1-4-10-18)19-11-5-2-6-12-19/h1-15,22,27H,16H2,(H,24,29)(H,26,28)/b25-15+. The zero-order valence-electron chi connectivity index (χ0n) is 15.7. The zero-order chi connectivity index (χ0) is 20.5. The first-order valence-electron chi connectivity index (χ1n) is 9.12. The highest BCUT2D eigenvalue weighted by Gasteiger charge is 2.22. The number of phenols is 1. The summed E-state index contributed by atoms with van der Waals surface area (Å²) >= 11 is 0. The van der Waals surface area contributed by atoms with Gasteiger partial charge in [-0.05, 0) is 28.8 Å². The van der Waals surface area contributed by atoms with E-state index in [1.165, 1.54) is 12.3 Å². The molecule has 2 amide bonds. The van der Waals surface area contributed by atoms with Crippen LogP contribution in [-0.2, 0) is 9.59 Å². The average Bonchev–Trinajstić information content (AvgIpc) is 2.74. The van der Waals surface area contributed by atoms with E-state index in [0.717, 1.165) is 11.1 Å². The van der Waals surface area contributed by atoms with Gasteiger partial charge in [0.1, 0.15) is 5.75 Å². The Labute approximate surface area is 168 Å². The predicted molar refractivity (Wildman–Crippen MR) is 112 cm³/mol. The van der Waals surface area contributed by atoms with Gasteiger partial charge in [0.15, 0.2) is 0 Å². The smallest absolute Gasteiger partial charge is 0.259 e. The van der Waals surface area contributed by atoms with Crippen LogP contribution < -0.4 is 10.7 Å². The minimum absolute atomic E-state index is 0.111. The van der Waals surface area contributed by atoms with E-state index in [9.17, 15) is 14.7 Å². The Kier molecular flexibility index (Phi) is 6.73. The summed E-state index contributed by atoms with van der Waals surface area (Å²) in [4.78, 5) is 24.8. The molecule has 3 aromatic carbocycles. The van der Waals surface area contributed by atoms with Crippen molar-refractivity contribution in [3.8, 4) is 5.75 Å². The van der Waals surface area contributed by atoms with E-state index in [4.69, 9.17) is 0 Å². The summed E-state index contributed by atoms with van der Waals surface area (Å²) in [6.45, 7) is -0.202. The van der Waals surface area contributed by atoms with Crippen LogP contribution in [0.4, 0.5) is 0 Å². The Morgan fingerprint density at radius 2 is 1.52 bits per heavy atom. The zero-order valence-corrected chi connectivity index (χ0v) is 15.7. The molecule has 3 rings (SSSR count). The summed E-state index contributed by atoms with van der Waals surface area (Å²) in [6, 6.07) is 25.3. The highest BCUT2D eigenvalue weighted by atomic mass is 16.3. The molecule has 0 saturated heterocycles. The molecule has 0 unspecified atom stereocenters. The quantitative estimate of drug-likeness (QED) is 0.430. The molecule has 3 aromatic rings. The van der Waals surface area contributed by atoms with Gasteiger partial charge in [0.2, 0.25) is 5.91 Å². The fraction of sp³-hybridized carbons (Fsp3) is 0.0870. The number of rotatable bonds is 7. The van der Waals surface area contributed by atoms with E-state index < -0.39 is 11.8 Å². The third kappa shape index (κ3) is 5.77. The lowest BCUT2D eigenvalue weighted by molar-refractivity contribution is -0.126. The molecule has 0 aliphatic carbocycles. The Morgan fingerprint density at radius 3 is 2.10 bits per heavy atom. The van der Waals surface area contributed by atoms with Gasteiger partial charge in [0, 0.05) is 0 Å². The Balaban J connectivity index is 1.60. The molecule has 0 aliphatic rings. The predicted octanol–water partition coefficient (Wildman–Crippen LogP) is 2.79. The number of amides is 2. The number of benzene rings is 3. The van der Waals surface area contributed by atoms with Crippen molar-refractivity contribution in [2.45, 2.75) is 5.92 Å². The molecule has 0 fully saturated rings. The Morgan fingerprint density at radius 1 is 0.897 bits per heavy atom. The third-order valence-corrected chi connectivity index (χ3v) is 4.22. The number of carbonyl (C=O) groups is 2. The molecule has 0 saturated carbocycles. The van der Waals surface area contributed by atoms with Gasteiger partial charge < -0.3 is 10.4 Å². The fourth-order valence-corrected chi connectivity index (χ4v) is 2.88. The molecule has 0 atom stereocenters. The van der Waals surface area contributed by atoms with Gasteiger partial charge in [-0.1, -0.05) is 72.8 Å². The van der Waals surface area contributed by atoms with Crippen molar-refractivity contribution in [2.24, 2.45) is 5.10 Å². The van der Waals surface area contributed by atoms with Crippen LogP contribution in [0.15, 0.2) is 90.0 Å². The summed E-state index contributed by atoms with van der Waals surface area (Å²) in [5.41, 5.74) is 4.69. The normalized spacial score (nSPS) is 10.8. The van der Waals surface area contributed by atoms with Gasteiger partial charge >= 0.3 is 0 Å². The SMILES string of the molecule is O=C(CNC(=O)C(c1ccccc1)c1ccccc1)N/N=C/c1cccc(O)c1. The minimum Gasteiger partial charge on any atom is -0.508 e. The van der Waals surface area contributed by atoms with Crippen LogP contribution in [0.1, 0.15) is 22.6 Å². The molecule has 3 N–H and O–H groups in total. The molecular formula is C23H21N3O3. The molecule has 29 heavy (non-hydrogen) atoms. The lowest BCUT2D eigenvalue weighted by Gasteiger charge is -2.17. The second kappa shape index (κ2) is 9.85. The number of hydrogen-bond donors (Lipinski definition) is 3. The number of phenolic OH excluding ortho intramolecular Hbond substituents is 1. The largest absolute Gasteiger partial charge is 0.508 e. The number of hydrogen-bond acceptors (Lipinski definition) is 4. The highest BCUT2D eigenvalue weighted by Crippen LogP contribution is 2.24. The maximum atomic E-state index is 12.8. The van der Waals surface area contributed by atoms with Gasteiger partial charge in [0.05, 0.1) is 18.7 Å². The van der Waals surface area contributed by atoms with Gasteiger partial charge in [-0.3, -0.25) is 9.59 Å². The second-order valence-electron chi connectivity index (χ2n) is 6.36. The fourth-order valence-electron chi connectivity index (χ4n) is 2.88. The highest BCUT2D eigenvalue weighted by molar-refractivity contribution is 5.91. The number of aromatic hydroxyl groups is 1. The molecular weight excluding hydrogens is 366 g/mol. The maximum Gasteiger partial charge on any atom is 0.259 e. The molecule has 0 aromatic heterocycles. The Bertz CT molecular complexity index is 949. The van der Waals surface area contributed by atoms with Crippen molar-refractivity contribution < 1.29 is 14.7 Å². The summed E-state index contributed by atoms with van der Waals surface area (Å²) in [6.07, 6.45) is 1.41. The lowest BCUT2D eigenvalue weighted by atomic mass is 9.90. The van der Waals surface area contributed by atoms with E-state index in [2.05, 4.69) is 15.8 Å². The average molecular weight is 387 g/mol. The second-order valence-corrected chi connectivity index (χ2v) is 6.36. The molecule has 0 spiro atoms. The Hall–Kier alpha value is -3.93. The summed E-state index contributed by atoms with van der Waals surface area (Å²) in [7, 11) is 0. The van der Waals surface area contributed by atoms with Crippen LogP contribution in [0.2, 0.25) is 0 Å².